The van der Waals surface area contributed by atoms with Crippen molar-refractivity contribution in [3.63, 3.8) is 0 Å². The minimum absolute atomic E-state index is 0.931. The maximum absolute atomic E-state index is 4.47. The van der Waals surface area contributed by atoms with E-state index in [0.29, 0.717) is 0 Å². The van der Waals surface area contributed by atoms with Gasteiger partial charge in [-0.25, -0.2) is 9.67 Å². The molecule has 0 atom stereocenters. The van der Waals surface area contributed by atoms with Crippen LogP contribution in [0.5, 0.6) is 0 Å². The first kappa shape index (κ1) is 12.2. The number of aryl methyl sites for hydroxylation is 1. The van der Waals surface area contributed by atoms with Crippen LogP contribution in [0.1, 0.15) is 25.6 Å². The van der Waals surface area contributed by atoms with Crippen molar-refractivity contribution in [2.24, 2.45) is 0 Å². The van der Waals surface area contributed by atoms with Gasteiger partial charge in [-0.2, -0.15) is 5.10 Å². The van der Waals surface area contributed by atoms with Crippen LogP contribution in [-0.2, 0) is 6.42 Å². The molecule has 1 aromatic heterocycles. The molecule has 17 heavy (non-hydrogen) atoms. The Kier molecular flexibility index (Phi) is 4.20. The number of nitrogens with zero attached hydrogens (tertiary/aromatic N) is 3. The van der Waals surface area contributed by atoms with E-state index >= 15 is 0 Å². The summed E-state index contributed by atoms with van der Waals surface area (Å²) in [5.41, 5.74) is 1.07. The third-order valence-corrected chi connectivity index (χ3v) is 3.37. The molecule has 4 heteroatoms. The lowest BCUT2D eigenvalue weighted by molar-refractivity contribution is 0.741. The minimum Gasteiger partial charge on any atom is -0.221 e. The van der Waals surface area contributed by atoms with Crippen LogP contribution in [-0.4, -0.2) is 21.0 Å². The van der Waals surface area contributed by atoms with Gasteiger partial charge in [0.2, 0.25) is 0 Å². The third kappa shape index (κ3) is 3.09. The Morgan fingerprint density at radius 2 is 2.00 bits per heavy atom. The summed E-state index contributed by atoms with van der Waals surface area (Å²) in [7, 11) is 0. The molecule has 0 aliphatic heterocycles. The first-order valence-corrected chi connectivity index (χ1v) is 7.11. The summed E-state index contributed by atoms with van der Waals surface area (Å²) in [5.74, 6) is 0.931. The van der Waals surface area contributed by atoms with Gasteiger partial charge in [-0.3, -0.25) is 0 Å². The lowest BCUT2D eigenvalue weighted by Gasteiger charge is -2.01. The lowest BCUT2D eigenvalue weighted by atomic mass is 10.2. The smallest absolute Gasteiger partial charge is 0.151 e. The number of aromatic nitrogens is 3. The van der Waals surface area contributed by atoms with Crippen LogP contribution in [0.25, 0.3) is 5.69 Å². The summed E-state index contributed by atoms with van der Waals surface area (Å²) in [6.45, 7) is 2.18. The van der Waals surface area contributed by atoms with Crippen molar-refractivity contribution in [3.8, 4) is 5.69 Å². The summed E-state index contributed by atoms with van der Waals surface area (Å²) < 4.78 is 1.84. The standard InChI is InChI=1S/C13H17N3S/c1-3-4-5-13-14-10-16(15-13)11-6-8-12(17-2)9-7-11/h6-10H,3-5H2,1-2H3. The zero-order chi connectivity index (χ0) is 12.1. The van der Waals surface area contributed by atoms with E-state index < -0.39 is 0 Å². The summed E-state index contributed by atoms with van der Waals surface area (Å²) in [6, 6.07) is 8.36. The first-order valence-electron chi connectivity index (χ1n) is 5.88. The normalized spacial score (nSPS) is 10.7. The average molecular weight is 247 g/mol. The van der Waals surface area contributed by atoms with Crippen LogP contribution in [0.2, 0.25) is 0 Å². The fourth-order valence-corrected chi connectivity index (χ4v) is 2.01. The first-order chi connectivity index (χ1) is 8.33. The topological polar surface area (TPSA) is 30.7 Å². The lowest BCUT2D eigenvalue weighted by Crippen LogP contribution is -1.96. The molecule has 0 saturated heterocycles. The Hall–Kier alpha value is -1.29. The molecular formula is C13H17N3S. The maximum atomic E-state index is 4.47. The summed E-state index contributed by atoms with van der Waals surface area (Å²) in [4.78, 5) is 5.58. The highest BCUT2D eigenvalue weighted by atomic mass is 32.2. The quantitative estimate of drug-likeness (QED) is 0.759. The fourth-order valence-electron chi connectivity index (χ4n) is 1.61. The predicted molar refractivity (Wildman–Crippen MR) is 71.8 cm³/mol. The van der Waals surface area contributed by atoms with Gasteiger partial charge in [0.25, 0.3) is 0 Å². The fraction of sp³-hybridized carbons (Fsp3) is 0.385. The molecule has 0 amide bonds. The van der Waals surface area contributed by atoms with E-state index in [4.69, 9.17) is 0 Å². The van der Waals surface area contributed by atoms with Crippen molar-refractivity contribution in [1.29, 1.82) is 0 Å². The van der Waals surface area contributed by atoms with Gasteiger partial charge in [0.1, 0.15) is 6.33 Å². The Morgan fingerprint density at radius 1 is 1.24 bits per heavy atom. The second-order valence-electron chi connectivity index (χ2n) is 3.91. The monoisotopic (exact) mass is 247 g/mol. The second kappa shape index (κ2) is 5.87. The van der Waals surface area contributed by atoms with E-state index in [1.165, 1.54) is 11.3 Å². The number of hydrogen-bond acceptors (Lipinski definition) is 3. The second-order valence-corrected chi connectivity index (χ2v) is 4.79. The molecule has 0 aliphatic rings. The van der Waals surface area contributed by atoms with Gasteiger partial charge in [-0.05, 0) is 36.9 Å². The summed E-state index contributed by atoms with van der Waals surface area (Å²) in [6.07, 6.45) is 7.16. The Balaban J connectivity index is 2.12. The number of benzene rings is 1. The number of unbranched alkanes of at least 4 members (excludes halogenated alkanes) is 1. The molecule has 0 unspecified atom stereocenters. The Labute approximate surface area is 106 Å². The van der Waals surface area contributed by atoms with E-state index in [0.717, 1.165) is 24.4 Å². The van der Waals surface area contributed by atoms with Crippen molar-refractivity contribution >= 4 is 11.8 Å². The van der Waals surface area contributed by atoms with Crippen molar-refractivity contribution < 1.29 is 0 Å². The van der Waals surface area contributed by atoms with Crippen molar-refractivity contribution in [1.82, 2.24) is 14.8 Å². The highest BCUT2D eigenvalue weighted by molar-refractivity contribution is 7.98. The average Bonchev–Trinajstić information content (AvgIpc) is 2.85. The summed E-state index contributed by atoms with van der Waals surface area (Å²) in [5, 5.41) is 4.47. The molecule has 0 fully saturated rings. The molecule has 0 N–H and O–H groups in total. The maximum Gasteiger partial charge on any atom is 0.151 e. The van der Waals surface area contributed by atoms with Gasteiger partial charge in [-0.1, -0.05) is 13.3 Å². The minimum atomic E-state index is 0.931. The largest absolute Gasteiger partial charge is 0.221 e. The van der Waals surface area contributed by atoms with Gasteiger partial charge in [-0.15, -0.1) is 11.8 Å². The molecule has 0 spiro atoms. The van der Waals surface area contributed by atoms with Crippen LogP contribution in [0.3, 0.4) is 0 Å². The molecule has 2 rings (SSSR count). The van der Waals surface area contributed by atoms with Gasteiger partial charge in [0.05, 0.1) is 5.69 Å². The number of thioether (sulfide) groups is 1. The molecule has 3 nitrogen and oxygen atoms in total. The van der Waals surface area contributed by atoms with Crippen LogP contribution in [0.4, 0.5) is 0 Å². The van der Waals surface area contributed by atoms with Gasteiger partial charge in [0, 0.05) is 11.3 Å². The van der Waals surface area contributed by atoms with Crippen LogP contribution in [0, 0.1) is 0 Å². The number of rotatable bonds is 5. The molecule has 90 valence electrons. The molecule has 1 heterocycles. The highest BCUT2D eigenvalue weighted by Crippen LogP contribution is 2.16. The zero-order valence-electron chi connectivity index (χ0n) is 10.3. The molecule has 0 bridgehead atoms. The SMILES string of the molecule is CCCCc1ncn(-c2ccc(SC)cc2)n1. The van der Waals surface area contributed by atoms with Crippen LogP contribution >= 0.6 is 11.8 Å². The van der Waals surface area contributed by atoms with Crippen molar-refractivity contribution in [2.45, 2.75) is 31.1 Å². The van der Waals surface area contributed by atoms with Crippen LogP contribution in [0.15, 0.2) is 35.5 Å². The third-order valence-electron chi connectivity index (χ3n) is 2.63. The van der Waals surface area contributed by atoms with Crippen molar-refractivity contribution in [3.05, 3.63) is 36.4 Å². The summed E-state index contributed by atoms with van der Waals surface area (Å²) >= 11 is 1.74. The van der Waals surface area contributed by atoms with E-state index in [1.807, 2.05) is 4.68 Å². The Morgan fingerprint density at radius 3 is 2.65 bits per heavy atom. The number of hydrogen-bond donors (Lipinski definition) is 0. The van der Waals surface area contributed by atoms with Crippen molar-refractivity contribution in [2.75, 3.05) is 6.26 Å². The van der Waals surface area contributed by atoms with Crippen LogP contribution < -0.4 is 0 Å². The predicted octanol–water partition coefficient (Wildman–Crippen LogP) is 3.33. The molecule has 0 aliphatic carbocycles. The van der Waals surface area contributed by atoms with E-state index in [9.17, 15) is 0 Å². The molecule has 0 saturated carbocycles. The highest BCUT2D eigenvalue weighted by Gasteiger charge is 2.02. The molecule has 0 radical (unpaired) electrons. The van der Waals surface area contributed by atoms with Gasteiger partial charge >= 0.3 is 0 Å². The Bertz CT molecular complexity index is 462. The molecule has 2 aromatic rings. The van der Waals surface area contributed by atoms with Gasteiger partial charge < -0.3 is 0 Å². The van der Waals surface area contributed by atoms with E-state index in [-0.39, 0.29) is 0 Å². The molecular weight excluding hydrogens is 230 g/mol. The molecule has 1 aromatic carbocycles. The van der Waals surface area contributed by atoms with Gasteiger partial charge in [0.15, 0.2) is 5.82 Å². The van der Waals surface area contributed by atoms with E-state index in [2.05, 4.69) is 47.5 Å². The zero-order valence-corrected chi connectivity index (χ0v) is 11.1. The van der Waals surface area contributed by atoms with E-state index in [1.54, 1.807) is 18.1 Å².